The van der Waals surface area contributed by atoms with E-state index in [9.17, 15) is 22.0 Å². The van der Waals surface area contributed by atoms with Crippen molar-refractivity contribution < 1.29 is 26.7 Å². The number of fused-ring (bicyclic) bond motifs is 1. The molecule has 0 fully saturated rings. The predicted molar refractivity (Wildman–Crippen MR) is 70.6 cm³/mol. The van der Waals surface area contributed by atoms with Crippen molar-refractivity contribution in [1.82, 2.24) is 0 Å². The van der Waals surface area contributed by atoms with E-state index in [1.807, 2.05) is 0 Å². The van der Waals surface area contributed by atoms with Crippen molar-refractivity contribution in [3.05, 3.63) is 53.1 Å². The number of hydrogen-bond donors (Lipinski definition) is 0. The molecule has 1 atom stereocenters. The molecule has 1 unspecified atom stereocenters. The molecule has 0 bridgehead atoms. The van der Waals surface area contributed by atoms with Crippen LogP contribution in [0.5, 0.6) is 5.75 Å². The highest BCUT2D eigenvalue weighted by Crippen LogP contribution is 2.44. The van der Waals surface area contributed by atoms with Crippen LogP contribution < -0.4 is 4.74 Å². The molecule has 1 aliphatic heterocycles. The third-order valence-corrected chi connectivity index (χ3v) is 3.56. The van der Waals surface area contributed by atoms with Crippen LogP contribution in [0.4, 0.5) is 22.0 Å². The lowest BCUT2D eigenvalue weighted by Crippen LogP contribution is -2.06. The van der Waals surface area contributed by atoms with Crippen LogP contribution in [0.1, 0.15) is 18.1 Å². The lowest BCUT2D eigenvalue weighted by atomic mass is 9.96. The average molecular weight is 314 g/mol. The van der Waals surface area contributed by atoms with Gasteiger partial charge in [0, 0.05) is 17.5 Å². The Labute approximate surface area is 123 Å². The molecule has 1 nitrogen and oxygen atoms in total. The van der Waals surface area contributed by atoms with Gasteiger partial charge in [-0.3, -0.25) is 0 Å². The molecule has 22 heavy (non-hydrogen) atoms. The molecule has 0 saturated carbocycles. The highest BCUT2D eigenvalue weighted by atomic mass is 19.4. The fourth-order valence-corrected chi connectivity index (χ4v) is 2.61. The van der Waals surface area contributed by atoms with Crippen LogP contribution in [0.25, 0.3) is 11.1 Å². The first-order valence-corrected chi connectivity index (χ1v) is 6.62. The number of alkyl halides is 3. The molecule has 0 spiro atoms. The molecule has 6 heteroatoms. The first-order valence-electron chi connectivity index (χ1n) is 6.62. The monoisotopic (exact) mass is 314 g/mol. The molecule has 3 rings (SSSR count). The first-order chi connectivity index (χ1) is 10.3. The van der Waals surface area contributed by atoms with E-state index in [0.717, 1.165) is 18.2 Å². The van der Waals surface area contributed by atoms with Gasteiger partial charge < -0.3 is 4.74 Å². The zero-order valence-corrected chi connectivity index (χ0v) is 11.5. The Morgan fingerprint density at radius 3 is 2.50 bits per heavy atom. The van der Waals surface area contributed by atoms with E-state index in [1.165, 1.54) is 12.1 Å². The van der Waals surface area contributed by atoms with E-state index >= 15 is 0 Å². The van der Waals surface area contributed by atoms with Crippen molar-refractivity contribution in [2.75, 3.05) is 0 Å². The number of benzene rings is 2. The molecule has 0 aliphatic carbocycles. The normalized spacial score (nSPS) is 17.3. The predicted octanol–water partition coefficient (Wildman–Crippen LogP) is 4.97. The lowest BCUT2D eigenvalue weighted by Gasteiger charge is -2.14. The fraction of sp³-hybridized carbons (Fsp3) is 0.250. The number of rotatable bonds is 1. The molecule has 1 aliphatic rings. The maximum Gasteiger partial charge on any atom is 0.416 e. The smallest absolute Gasteiger partial charge is 0.416 e. The van der Waals surface area contributed by atoms with Crippen molar-refractivity contribution in [1.29, 1.82) is 0 Å². The van der Waals surface area contributed by atoms with Gasteiger partial charge >= 0.3 is 6.18 Å². The van der Waals surface area contributed by atoms with Crippen LogP contribution in [0.15, 0.2) is 30.3 Å². The van der Waals surface area contributed by atoms with Crippen LogP contribution >= 0.6 is 0 Å². The van der Waals surface area contributed by atoms with Gasteiger partial charge in [0.1, 0.15) is 11.9 Å². The van der Waals surface area contributed by atoms with Gasteiger partial charge in [-0.1, -0.05) is 12.1 Å². The molecule has 0 radical (unpaired) electrons. The second kappa shape index (κ2) is 4.97. The maximum absolute atomic E-state index is 14.0. The van der Waals surface area contributed by atoms with Crippen molar-refractivity contribution >= 4 is 0 Å². The molecule has 0 amide bonds. The summed E-state index contributed by atoms with van der Waals surface area (Å²) in [5, 5.41) is 0. The molecule has 0 aromatic heterocycles. The Morgan fingerprint density at radius 2 is 1.82 bits per heavy atom. The molecule has 2 aromatic rings. The topological polar surface area (TPSA) is 9.23 Å². The van der Waals surface area contributed by atoms with Gasteiger partial charge in [0.2, 0.25) is 0 Å². The number of hydrogen-bond acceptors (Lipinski definition) is 1. The molecule has 116 valence electrons. The molecular formula is C16H11F5O. The van der Waals surface area contributed by atoms with E-state index in [0.29, 0.717) is 12.0 Å². The van der Waals surface area contributed by atoms with Gasteiger partial charge in [-0.05, 0) is 30.7 Å². The largest absolute Gasteiger partial charge is 0.489 e. The van der Waals surface area contributed by atoms with Crippen LogP contribution in [0.3, 0.4) is 0 Å². The minimum absolute atomic E-state index is 0.0776. The summed E-state index contributed by atoms with van der Waals surface area (Å²) in [5.41, 5.74) is -0.869. The summed E-state index contributed by atoms with van der Waals surface area (Å²) in [6.45, 7) is 1.71. The van der Waals surface area contributed by atoms with Gasteiger partial charge in [-0.2, -0.15) is 13.2 Å². The quantitative estimate of drug-likeness (QED) is 0.675. The van der Waals surface area contributed by atoms with Gasteiger partial charge in [0.05, 0.1) is 5.56 Å². The van der Waals surface area contributed by atoms with E-state index in [4.69, 9.17) is 4.74 Å². The Hall–Kier alpha value is -2.11. The van der Waals surface area contributed by atoms with Gasteiger partial charge in [0.25, 0.3) is 0 Å². The van der Waals surface area contributed by atoms with Crippen LogP contribution in [0, 0.1) is 11.6 Å². The van der Waals surface area contributed by atoms with Crippen molar-refractivity contribution in [2.45, 2.75) is 25.6 Å². The highest BCUT2D eigenvalue weighted by Gasteiger charge is 2.35. The second-order valence-electron chi connectivity index (χ2n) is 5.24. The fourth-order valence-electron chi connectivity index (χ4n) is 2.61. The summed E-state index contributed by atoms with van der Waals surface area (Å²) >= 11 is 0. The van der Waals surface area contributed by atoms with Crippen LogP contribution in [-0.4, -0.2) is 6.10 Å². The second-order valence-corrected chi connectivity index (χ2v) is 5.24. The van der Waals surface area contributed by atoms with Gasteiger partial charge in [-0.25, -0.2) is 8.78 Å². The molecule has 0 saturated heterocycles. The summed E-state index contributed by atoms with van der Waals surface area (Å²) in [6, 6.07) is 5.20. The third kappa shape index (κ3) is 2.42. The Balaban J connectivity index is 2.27. The van der Waals surface area contributed by atoms with Crippen LogP contribution in [0.2, 0.25) is 0 Å². The minimum Gasteiger partial charge on any atom is -0.489 e. The third-order valence-electron chi connectivity index (χ3n) is 3.56. The first kappa shape index (κ1) is 14.8. The van der Waals surface area contributed by atoms with E-state index in [2.05, 4.69) is 0 Å². The number of halogens is 5. The van der Waals surface area contributed by atoms with E-state index < -0.39 is 23.4 Å². The lowest BCUT2D eigenvalue weighted by molar-refractivity contribution is -0.137. The Kier molecular flexibility index (Phi) is 3.34. The summed E-state index contributed by atoms with van der Waals surface area (Å²) in [5.74, 6) is -2.12. The number of ether oxygens (including phenoxy) is 1. The van der Waals surface area contributed by atoms with Gasteiger partial charge in [0.15, 0.2) is 11.6 Å². The molecule has 1 heterocycles. The molecule has 0 N–H and O–H groups in total. The van der Waals surface area contributed by atoms with Crippen LogP contribution in [-0.2, 0) is 12.6 Å². The highest BCUT2D eigenvalue weighted by molar-refractivity contribution is 5.74. The standard InChI is InChI=1S/C16H11F5O/c1-8-5-9-6-10(16(19,20)21)7-12(15(9)22-8)11-3-2-4-13(17)14(11)18/h2-4,6-8H,5H2,1H3. The molecular weight excluding hydrogens is 303 g/mol. The van der Waals surface area contributed by atoms with E-state index in [-0.39, 0.29) is 23.0 Å². The van der Waals surface area contributed by atoms with Crippen molar-refractivity contribution in [3.63, 3.8) is 0 Å². The average Bonchev–Trinajstić information content (AvgIpc) is 2.80. The summed E-state index contributed by atoms with van der Waals surface area (Å²) in [4.78, 5) is 0. The summed E-state index contributed by atoms with van der Waals surface area (Å²) in [6.07, 6.45) is -4.59. The zero-order chi connectivity index (χ0) is 16.1. The molecule has 2 aromatic carbocycles. The zero-order valence-electron chi connectivity index (χ0n) is 11.5. The maximum atomic E-state index is 14.0. The Bertz CT molecular complexity index is 736. The van der Waals surface area contributed by atoms with E-state index in [1.54, 1.807) is 6.92 Å². The summed E-state index contributed by atoms with van der Waals surface area (Å²) < 4.78 is 71.9. The summed E-state index contributed by atoms with van der Waals surface area (Å²) in [7, 11) is 0. The Morgan fingerprint density at radius 1 is 1.09 bits per heavy atom. The minimum atomic E-state index is -4.57. The van der Waals surface area contributed by atoms with Crippen molar-refractivity contribution in [3.8, 4) is 16.9 Å². The van der Waals surface area contributed by atoms with Gasteiger partial charge in [-0.15, -0.1) is 0 Å². The SMILES string of the molecule is CC1Cc2cc(C(F)(F)F)cc(-c3cccc(F)c3F)c2O1. The van der Waals surface area contributed by atoms with Crippen molar-refractivity contribution in [2.24, 2.45) is 0 Å².